The Bertz CT molecular complexity index is 709. The van der Waals surface area contributed by atoms with Crippen molar-refractivity contribution in [1.29, 1.82) is 0 Å². The number of amides is 2. The van der Waals surface area contributed by atoms with Crippen molar-refractivity contribution >= 4 is 29.6 Å². The molecule has 0 radical (unpaired) electrons. The molecule has 1 aromatic rings. The van der Waals surface area contributed by atoms with Gasteiger partial charge in [-0.3, -0.25) is 9.69 Å². The van der Waals surface area contributed by atoms with Gasteiger partial charge in [0.15, 0.2) is 0 Å². The minimum Gasteiger partial charge on any atom is -0.473 e. The van der Waals surface area contributed by atoms with Gasteiger partial charge in [0.2, 0.25) is 5.91 Å². The van der Waals surface area contributed by atoms with Crippen LogP contribution in [0.15, 0.2) is 24.3 Å². The topological polar surface area (TPSA) is 136 Å². The highest BCUT2D eigenvalue weighted by Gasteiger charge is 2.22. The van der Waals surface area contributed by atoms with E-state index in [1.54, 1.807) is 24.0 Å². The van der Waals surface area contributed by atoms with E-state index in [9.17, 15) is 14.0 Å². The summed E-state index contributed by atoms with van der Waals surface area (Å²) in [7, 11) is 0. The van der Waals surface area contributed by atoms with Gasteiger partial charge >= 0.3 is 18.0 Å². The van der Waals surface area contributed by atoms with Crippen molar-refractivity contribution in [3.63, 3.8) is 0 Å². The van der Waals surface area contributed by atoms with E-state index in [1.807, 2.05) is 0 Å². The Morgan fingerprint density at radius 3 is 2.17 bits per heavy atom. The van der Waals surface area contributed by atoms with E-state index in [4.69, 9.17) is 24.5 Å². The van der Waals surface area contributed by atoms with Crippen molar-refractivity contribution in [3.8, 4) is 0 Å². The summed E-state index contributed by atoms with van der Waals surface area (Å²) in [5.41, 5.74) is 0.199. The zero-order valence-corrected chi connectivity index (χ0v) is 16.0. The molecular weight excluding hydrogens is 389 g/mol. The van der Waals surface area contributed by atoms with Gasteiger partial charge in [0.1, 0.15) is 5.82 Å². The maximum Gasteiger partial charge on any atom is 0.414 e. The predicted octanol–water partition coefficient (Wildman–Crippen LogP) is 1.08. The number of rotatable bonds is 5. The van der Waals surface area contributed by atoms with Gasteiger partial charge in [0.25, 0.3) is 0 Å². The smallest absolute Gasteiger partial charge is 0.414 e. The molecule has 160 valence electrons. The van der Waals surface area contributed by atoms with Gasteiger partial charge in [0.05, 0.1) is 12.3 Å². The number of carbonyl (C=O) groups is 4. The molecule has 1 saturated heterocycles. The number of piperazine rings is 1. The number of para-hydroxylation sites is 1. The summed E-state index contributed by atoms with van der Waals surface area (Å²) in [6.45, 7) is 5.31. The van der Waals surface area contributed by atoms with Crippen molar-refractivity contribution in [1.82, 2.24) is 9.80 Å². The molecule has 3 N–H and O–H groups in total. The highest BCUT2D eigenvalue weighted by atomic mass is 19.1. The highest BCUT2D eigenvalue weighted by molar-refractivity contribution is 6.27. The number of benzene rings is 1. The molecule has 1 fully saturated rings. The van der Waals surface area contributed by atoms with Crippen LogP contribution in [0.3, 0.4) is 0 Å². The molecule has 10 nitrogen and oxygen atoms in total. The molecule has 11 heteroatoms. The Balaban J connectivity index is 0.000000612. The fraction of sp³-hybridized carbons (Fsp3) is 0.444. The quantitative estimate of drug-likeness (QED) is 0.610. The molecule has 2 amide bonds. The molecule has 1 aliphatic heterocycles. The Hall–Kier alpha value is -3.21. The first-order chi connectivity index (χ1) is 13.7. The molecule has 1 heterocycles. The standard InChI is InChI=1S/C16H22FN3O3.C2H2O4/c1-2-23-16(22)20-11-9-19(10-12-20)8-7-15(21)18-14-6-4-3-5-13(14)17;3-1(4)2(5)6/h3-6H,2,7-12H2,1H3,(H,18,21);(H,3,4)(H,5,6). The largest absolute Gasteiger partial charge is 0.473 e. The first kappa shape index (κ1) is 23.8. The molecule has 0 bridgehead atoms. The van der Waals surface area contributed by atoms with Crippen molar-refractivity contribution in [3.05, 3.63) is 30.1 Å². The second-order valence-electron chi connectivity index (χ2n) is 5.92. The van der Waals surface area contributed by atoms with Gasteiger partial charge in [0, 0.05) is 39.1 Å². The summed E-state index contributed by atoms with van der Waals surface area (Å²) in [6.07, 6.45) is -0.00209. The van der Waals surface area contributed by atoms with Crippen molar-refractivity contribution in [2.45, 2.75) is 13.3 Å². The average molecular weight is 413 g/mol. The number of carbonyl (C=O) groups excluding carboxylic acids is 2. The summed E-state index contributed by atoms with van der Waals surface area (Å²) < 4.78 is 18.4. The number of halogens is 1. The molecule has 1 aliphatic rings. The molecule has 0 spiro atoms. The normalized spacial score (nSPS) is 13.7. The van der Waals surface area contributed by atoms with Crippen LogP contribution in [0.1, 0.15) is 13.3 Å². The molecule has 0 unspecified atom stereocenters. The molecule has 0 aromatic heterocycles. The van der Waals surface area contributed by atoms with Crippen LogP contribution in [0.5, 0.6) is 0 Å². The third-order valence-electron chi connectivity index (χ3n) is 3.88. The second-order valence-corrected chi connectivity index (χ2v) is 5.92. The monoisotopic (exact) mass is 413 g/mol. The first-order valence-corrected chi connectivity index (χ1v) is 8.89. The number of nitrogens with one attached hydrogen (secondary N) is 1. The highest BCUT2D eigenvalue weighted by Crippen LogP contribution is 2.13. The van der Waals surface area contributed by atoms with Crippen LogP contribution in [0.25, 0.3) is 0 Å². The molecule has 29 heavy (non-hydrogen) atoms. The van der Waals surface area contributed by atoms with Crippen molar-refractivity contribution in [2.24, 2.45) is 0 Å². The van der Waals surface area contributed by atoms with E-state index < -0.39 is 17.8 Å². The van der Waals surface area contributed by atoms with Gasteiger partial charge in [-0.1, -0.05) is 12.1 Å². The van der Waals surface area contributed by atoms with Gasteiger partial charge in [-0.2, -0.15) is 0 Å². The SMILES string of the molecule is CCOC(=O)N1CCN(CCC(=O)Nc2ccccc2F)CC1.O=C(O)C(=O)O. The summed E-state index contributed by atoms with van der Waals surface area (Å²) in [5.74, 6) is -4.31. The predicted molar refractivity (Wildman–Crippen MR) is 100.0 cm³/mol. The second kappa shape index (κ2) is 12.3. The van der Waals surface area contributed by atoms with E-state index in [2.05, 4.69) is 10.2 Å². The van der Waals surface area contributed by atoms with Gasteiger partial charge in [-0.05, 0) is 19.1 Å². The fourth-order valence-electron chi connectivity index (χ4n) is 2.40. The van der Waals surface area contributed by atoms with E-state index in [-0.39, 0.29) is 24.1 Å². The molecule has 0 saturated carbocycles. The van der Waals surface area contributed by atoms with Crippen LogP contribution in [-0.2, 0) is 19.1 Å². The van der Waals surface area contributed by atoms with Crippen LogP contribution in [0.2, 0.25) is 0 Å². The van der Waals surface area contributed by atoms with Crippen LogP contribution < -0.4 is 5.32 Å². The van der Waals surface area contributed by atoms with Crippen LogP contribution >= 0.6 is 0 Å². The average Bonchev–Trinajstić information content (AvgIpc) is 2.69. The number of aliphatic carboxylic acids is 2. The van der Waals surface area contributed by atoms with E-state index in [1.165, 1.54) is 12.1 Å². The lowest BCUT2D eigenvalue weighted by molar-refractivity contribution is -0.159. The number of nitrogens with zero attached hydrogens (tertiary/aromatic N) is 2. The third-order valence-corrected chi connectivity index (χ3v) is 3.88. The van der Waals surface area contributed by atoms with Gasteiger partial charge < -0.3 is 25.2 Å². The number of carboxylic acids is 2. The number of ether oxygens (including phenoxy) is 1. The zero-order valence-electron chi connectivity index (χ0n) is 16.0. The van der Waals surface area contributed by atoms with Crippen LogP contribution in [-0.4, -0.2) is 83.3 Å². The lowest BCUT2D eigenvalue weighted by atomic mass is 10.2. The minimum absolute atomic E-state index is 0.199. The zero-order chi connectivity index (χ0) is 21.8. The molecule has 0 aliphatic carbocycles. The lowest BCUT2D eigenvalue weighted by Gasteiger charge is -2.33. The Morgan fingerprint density at radius 2 is 1.66 bits per heavy atom. The summed E-state index contributed by atoms with van der Waals surface area (Å²) in [4.78, 5) is 45.4. The maximum absolute atomic E-state index is 13.5. The van der Waals surface area contributed by atoms with Crippen LogP contribution in [0.4, 0.5) is 14.9 Å². The Kier molecular flexibility index (Phi) is 10.1. The number of carboxylic acid groups (broad SMARTS) is 2. The minimum atomic E-state index is -1.82. The van der Waals surface area contributed by atoms with Crippen LogP contribution in [0, 0.1) is 5.82 Å². The first-order valence-electron chi connectivity index (χ1n) is 8.89. The molecular formula is C18H24FN3O7. The lowest BCUT2D eigenvalue weighted by Crippen LogP contribution is -2.49. The summed E-state index contributed by atoms with van der Waals surface area (Å²) >= 11 is 0. The number of anilines is 1. The Morgan fingerprint density at radius 1 is 1.07 bits per heavy atom. The van der Waals surface area contributed by atoms with Gasteiger partial charge in [-0.25, -0.2) is 18.8 Å². The Labute approximate surface area is 166 Å². The van der Waals surface area contributed by atoms with Crippen molar-refractivity contribution < 1.29 is 38.5 Å². The number of hydrogen-bond donors (Lipinski definition) is 3. The summed E-state index contributed by atoms with van der Waals surface area (Å²) in [6, 6.07) is 6.09. The van der Waals surface area contributed by atoms with E-state index in [0.29, 0.717) is 39.3 Å². The molecule has 1 aromatic carbocycles. The molecule has 2 rings (SSSR count). The van der Waals surface area contributed by atoms with E-state index >= 15 is 0 Å². The third kappa shape index (κ3) is 9.02. The van der Waals surface area contributed by atoms with E-state index in [0.717, 1.165) is 0 Å². The molecule has 0 atom stereocenters. The fourth-order valence-corrected chi connectivity index (χ4v) is 2.40. The maximum atomic E-state index is 13.5. The van der Waals surface area contributed by atoms with Gasteiger partial charge in [-0.15, -0.1) is 0 Å². The number of hydrogen-bond acceptors (Lipinski definition) is 6. The van der Waals surface area contributed by atoms with Crippen molar-refractivity contribution in [2.75, 3.05) is 44.6 Å². The summed E-state index contributed by atoms with van der Waals surface area (Å²) in [5, 5.41) is 17.4.